The monoisotopic (exact) mass is 316 g/mol. The fraction of sp³-hybridized carbons (Fsp3) is 0.647. The SMILES string of the molecule is OC1(CN2CCCC[C@H]2c2ccn3nccc3n2)CCOCC1. The topological polar surface area (TPSA) is 62.9 Å². The van der Waals surface area contributed by atoms with Crippen molar-refractivity contribution >= 4 is 5.65 Å². The zero-order chi connectivity index (χ0) is 15.7. The normalized spacial score (nSPS) is 25.7. The third kappa shape index (κ3) is 3.11. The number of piperidine rings is 1. The van der Waals surface area contributed by atoms with Crippen LogP contribution in [0.5, 0.6) is 0 Å². The lowest BCUT2D eigenvalue weighted by Gasteiger charge is -2.42. The van der Waals surface area contributed by atoms with Crippen molar-refractivity contribution in [2.24, 2.45) is 0 Å². The van der Waals surface area contributed by atoms with Crippen LogP contribution in [0.15, 0.2) is 24.5 Å². The number of rotatable bonds is 3. The van der Waals surface area contributed by atoms with E-state index in [4.69, 9.17) is 9.72 Å². The van der Waals surface area contributed by atoms with Crippen molar-refractivity contribution in [1.29, 1.82) is 0 Å². The van der Waals surface area contributed by atoms with Crippen molar-refractivity contribution in [3.8, 4) is 0 Å². The number of likely N-dealkylation sites (tertiary alicyclic amines) is 1. The molecule has 2 aliphatic heterocycles. The van der Waals surface area contributed by atoms with Gasteiger partial charge in [-0.25, -0.2) is 9.50 Å². The van der Waals surface area contributed by atoms with Crippen molar-refractivity contribution in [1.82, 2.24) is 19.5 Å². The van der Waals surface area contributed by atoms with Gasteiger partial charge < -0.3 is 9.84 Å². The van der Waals surface area contributed by atoms with Crippen LogP contribution in [0.2, 0.25) is 0 Å². The number of ether oxygens (including phenoxy) is 1. The maximum atomic E-state index is 10.9. The predicted molar refractivity (Wildman–Crippen MR) is 86.2 cm³/mol. The standard InChI is InChI=1S/C17H24N4O2/c22-17(6-11-23-12-7-17)13-20-9-2-1-3-15(20)14-5-10-21-16(19-14)4-8-18-21/h4-5,8,10,15,22H,1-3,6-7,9,11-13H2/t15-/m0/s1. The van der Waals surface area contributed by atoms with Crippen LogP contribution in [0.4, 0.5) is 0 Å². The maximum Gasteiger partial charge on any atom is 0.155 e. The Kier molecular flexibility index (Phi) is 4.05. The van der Waals surface area contributed by atoms with E-state index in [0.717, 1.165) is 37.1 Å². The number of hydrogen-bond acceptors (Lipinski definition) is 5. The Morgan fingerprint density at radius 1 is 1.26 bits per heavy atom. The average Bonchev–Trinajstić information content (AvgIpc) is 3.03. The van der Waals surface area contributed by atoms with Crippen LogP contribution in [-0.4, -0.2) is 56.5 Å². The minimum Gasteiger partial charge on any atom is -0.388 e. The van der Waals surface area contributed by atoms with Crippen molar-refractivity contribution in [3.05, 3.63) is 30.2 Å². The van der Waals surface area contributed by atoms with Crippen molar-refractivity contribution < 1.29 is 9.84 Å². The van der Waals surface area contributed by atoms with Gasteiger partial charge in [0.05, 0.1) is 23.5 Å². The summed E-state index contributed by atoms with van der Waals surface area (Å²) in [5.41, 5.74) is 1.36. The molecule has 1 atom stereocenters. The summed E-state index contributed by atoms with van der Waals surface area (Å²) in [5.74, 6) is 0. The Hall–Kier alpha value is -1.50. The summed E-state index contributed by atoms with van der Waals surface area (Å²) >= 11 is 0. The third-order valence-corrected chi connectivity index (χ3v) is 5.16. The van der Waals surface area contributed by atoms with Crippen LogP contribution in [0, 0.1) is 0 Å². The molecule has 2 aliphatic rings. The first-order chi connectivity index (χ1) is 11.2. The van der Waals surface area contributed by atoms with Gasteiger partial charge in [-0.05, 0) is 25.5 Å². The zero-order valence-electron chi connectivity index (χ0n) is 13.4. The molecule has 6 heteroatoms. The summed E-state index contributed by atoms with van der Waals surface area (Å²) in [5, 5.41) is 15.1. The van der Waals surface area contributed by atoms with E-state index in [9.17, 15) is 5.11 Å². The molecular weight excluding hydrogens is 292 g/mol. The molecule has 2 aromatic heterocycles. The van der Waals surface area contributed by atoms with Crippen molar-refractivity contribution in [3.63, 3.8) is 0 Å². The molecule has 0 unspecified atom stereocenters. The third-order valence-electron chi connectivity index (χ3n) is 5.16. The van der Waals surface area contributed by atoms with Crippen LogP contribution in [0.25, 0.3) is 5.65 Å². The van der Waals surface area contributed by atoms with E-state index < -0.39 is 5.60 Å². The van der Waals surface area contributed by atoms with E-state index in [0.29, 0.717) is 19.8 Å². The van der Waals surface area contributed by atoms with Crippen LogP contribution in [0.3, 0.4) is 0 Å². The predicted octanol–water partition coefficient (Wildman–Crippen LogP) is 1.80. The second kappa shape index (κ2) is 6.19. The summed E-state index contributed by atoms with van der Waals surface area (Å²) in [7, 11) is 0. The highest BCUT2D eigenvalue weighted by molar-refractivity contribution is 5.37. The van der Waals surface area contributed by atoms with E-state index in [1.54, 1.807) is 10.7 Å². The van der Waals surface area contributed by atoms with Crippen LogP contribution in [-0.2, 0) is 4.74 Å². The molecule has 2 aromatic rings. The minimum absolute atomic E-state index is 0.288. The Labute approximate surface area is 136 Å². The quantitative estimate of drug-likeness (QED) is 0.935. The van der Waals surface area contributed by atoms with Gasteiger partial charge in [-0.2, -0.15) is 5.10 Å². The van der Waals surface area contributed by atoms with Crippen molar-refractivity contribution in [2.75, 3.05) is 26.3 Å². The molecule has 0 radical (unpaired) electrons. The first kappa shape index (κ1) is 15.1. The van der Waals surface area contributed by atoms with Gasteiger partial charge in [0.1, 0.15) is 0 Å². The minimum atomic E-state index is -0.617. The molecule has 0 amide bonds. The van der Waals surface area contributed by atoms with E-state index in [2.05, 4.69) is 16.1 Å². The Morgan fingerprint density at radius 3 is 3.00 bits per heavy atom. The summed E-state index contributed by atoms with van der Waals surface area (Å²) in [6.45, 7) is 3.07. The van der Waals surface area contributed by atoms with Gasteiger partial charge in [0.25, 0.3) is 0 Å². The van der Waals surface area contributed by atoms with Crippen LogP contribution >= 0.6 is 0 Å². The van der Waals surface area contributed by atoms with Crippen molar-refractivity contribution in [2.45, 2.75) is 43.7 Å². The summed E-state index contributed by atoms with van der Waals surface area (Å²) < 4.78 is 7.20. The molecule has 6 nitrogen and oxygen atoms in total. The molecule has 4 heterocycles. The van der Waals surface area contributed by atoms with Gasteiger partial charge in [-0.1, -0.05) is 6.42 Å². The first-order valence-corrected chi connectivity index (χ1v) is 8.58. The Morgan fingerprint density at radius 2 is 2.13 bits per heavy atom. The molecule has 1 N–H and O–H groups in total. The summed E-state index contributed by atoms with van der Waals surface area (Å²) in [6.07, 6.45) is 8.72. The molecule has 0 aromatic carbocycles. The van der Waals surface area contributed by atoms with Gasteiger partial charge in [0, 0.05) is 44.9 Å². The number of β-amino-alcohol motifs (C(OH)–C–C–N with tert-alkyl or cyclic N) is 1. The highest BCUT2D eigenvalue weighted by Gasteiger charge is 2.35. The average molecular weight is 316 g/mol. The number of nitrogens with zero attached hydrogens (tertiary/aromatic N) is 4. The molecule has 23 heavy (non-hydrogen) atoms. The van der Waals surface area contributed by atoms with E-state index in [1.165, 1.54) is 12.8 Å². The lowest BCUT2D eigenvalue weighted by atomic mass is 9.90. The highest BCUT2D eigenvalue weighted by Crippen LogP contribution is 2.33. The summed E-state index contributed by atoms with van der Waals surface area (Å²) in [4.78, 5) is 7.20. The van der Waals surface area contributed by atoms with Gasteiger partial charge in [-0.3, -0.25) is 4.90 Å². The number of hydrogen-bond donors (Lipinski definition) is 1. The van der Waals surface area contributed by atoms with E-state index >= 15 is 0 Å². The lowest BCUT2D eigenvalue weighted by Crippen LogP contribution is -2.49. The second-order valence-corrected chi connectivity index (χ2v) is 6.81. The second-order valence-electron chi connectivity index (χ2n) is 6.81. The van der Waals surface area contributed by atoms with Gasteiger partial charge in [0.2, 0.25) is 0 Å². The number of aromatic nitrogens is 3. The van der Waals surface area contributed by atoms with Crippen LogP contribution < -0.4 is 0 Å². The molecule has 4 rings (SSSR count). The maximum absolute atomic E-state index is 10.9. The van der Waals surface area contributed by atoms with Gasteiger partial charge >= 0.3 is 0 Å². The molecule has 2 saturated heterocycles. The molecule has 0 bridgehead atoms. The molecule has 2 fully saturated rings. The lowest BCUT2D eigenvalue weighted by molar-refractivity contribution is -0.0888. The molecule has 124 valence electrons. The van der Waals surface area contributed by atoms with E-state index in [-0.39, 0.29) is 6.04 Å². The summed E-state index contributed by atoms with van der Waals surface area (Å²) in [6, 6.07) is 4.29. The molecule has 0 aliphatic carbocycles. The first-order valence-electron chi connectivity index (χ1n) is 8.58. The van der Waals surface area contributed by atoms with Gasteiger partial charge in [0.15, 0.2) is 5.65 Å². The molecule has 0 spiro atoms. The van der Waals surface area contributed by atoms with Gasteiger partial charge in [-0.15, -0.1) is 0 Å². The van der Waals surface area contributed by atoms with Crippen LogP contribution in [0.1, 0.15) is 43.8 Å². The fourth-order valence-electron chi connectivity index (χ4n) is 3.82. The smallest absolute Gasteiger partial charge is 0.155 e. The Bertz CT molecular complexity index is 665. The number of aliphatic hydroxyl groups is 1. The number of fused-ring (bicyclic) bond motifs is 1. The molecular formula is C17H24N4O2. The molecule has 0 saturated carbocycles. The van der Waals surface area contributed by atoms with E-state index in [1.807, 2.05) is 12.3 Å². The zero-order valence-corrected chi connectivity index (χ0v) is 13.4. The fourth-order valence-corrected chi connectivity index (χ4v) is 3.82. The largest absolute Gasteiger partial charge is 0.388 e. The Balaban J connectivity index is 1.57. The highest BCUT2D eigenvalue weighted by atomic mass is 16.5.